The van der Waals surface area contributed by atoms with Crippen molar-refractivity contribution in [2.75, 3.05) is 12.0 Å². The van der Waals surface area contributed by atoms with Gasteiger partial charge in [0.25, 0.3) is 17.4 Å². The molecule has 1 N–H and O–H groups in total. The molecule has 0 saturated heterocycles. The van der Waals surface area contributed by atoms with E-state index in [2.05, 4.69) is 9.97 Å². The largest absolute Gasteiger partial charge is 0.497 e. The van der Waals surface area contributed by atoms with Crippen LogP contribution in [0.25, 0.3) is 22.2 Å². The third kappa shape index (κ3) is 2.63. The van der Waals surface area contributed by atoms with Gasteiger partial charge in [0.15, 0.2) is 0 Å². The second-order valence-corrected chi connectivity index (χ2v) is 7.25. The van der Waals surface area contributed by atoms with Crippen LogP contribution in [0.1, 0.15) is 26.3 Å². The molecule has 0 aliphatic carbocycles. The fourth-order valence-electron chi connectivity index (χ4n) is 3.93. The van der Waals surface area contributed by atoms with Crippen LogP contribution >= 0.6 is 0 Å². The minimum Gasteiger partial charge on any atom is -0.497 e. The Bertz CT molecular complexity index is 1520. The fraction of sp³-hybridized carbons (Fsp3) is 0.0870. The number of aromatic nitrogens is 3. The van der Waals surface area contributed by atoms with Gasteiger partial charge in [-0.15, -0.1) is 0 Å². The standard InChI is InChI=1S/C23H15N5O4/c1-27-11-17(15-9-12(32-2)7-8-18(15)27)19-16(10-24)20(29)26-23(25-19)28-21(30)13-5-3-4-6-14(13)22(28)31/h3-9,11H,1-2H3,(H,25,26,29). The van der Waals surface area contributed by atoms with E-state index in [-0.39, 0.29) is 28.3 Å². The number of aromatic amines is 1. The van der Waals surface area contributed by atoms with E-state index in [1.165, 1.54) is 19.2 Å². The van der Waals surface area contributed by atoms with Crippen LogP contribution in [-0.4, -0.2) is 33.5 Å². The second-order valence-electron chi connectivity index (χ2n) is 7.25. The summed E-state index contributed by atoms with van der Waals surface area (Å²) in [6.07, 6.45) is 1.73. The Morgan fingerprint density at radius 2 is 1.72 bits per heavy atom. The van der Waals surface area contributed by atoms with Gasteiger partial charge in [0.2, 0.25) is 5.95 Å². The van der Waals surface area contributed by atoms with Crippen molar-refractivity contribution >= 4 is 28.7 Å². The van der Waals surface area contributed by atoms with Gasteiger partial charge >= 0.3 is 0 Å². The zero-order valence-electron chi connectivity index (χ0n) is 17.0. The van der Waals surface area contributed by atoms with Gasteiger partial charge in [-0.3, -0.25) is 19.4 Å². The zero-order chi connectivity index (χ0) is 22.6. The van der Waals surface area contributed by atoms with Crippen LogP contribution in [-0.2, 0) is 7.05 Å². The first-order valence-corrected chi connectivity index (χ1v) is 9.60. The van der Waals surface area contributed by atoms with Gasteiger partial charge < -0.3 is 9.30 Å². The van der Waals surface area contributed by atoms with Crippen LogP contribution in [0.3, 0.4) is 0 Å². The van der Waals surface area contributed by atoms with Gasteiger partial charge in [-0.1, -0.05) is 12.1 Å². The molecule has 9 nitrogen and oxygen atoms in total. The maximum Gasteiger partial charge on any atom is 0.270 e. The molecular formula is C23H15N5O4. The van der Waals surface area contributed by atoms with Crippen molar-refractivity contribution in [2.24, 2.45) is 7.05 Å². The molecule has 9 heteroatoms. The van der Waals surface area contributed by atoms with Gasteiger partial charge in [-0.25, -0.2) is 9.88 Å². The molecule has 0 radical (unpaired) electrons. The summed E-state index contributed by atoms with van der Waals surface area (Å²) < 4.78 is 7.14. The Kier molecular flexibility index (Phi) is 4.17. The van der Waals surface area contributed by atoms with E-state index in [1.807, 2.05) is 23.8 Å². The van der Waals surface area contributed by atoms with Gasteiger partial charge in [-0.05, 0) is 30.3 Å². The molecule has 1 aliphatic rings. The Morgan fingerprint density at radius 1 is 1.03 bits per heavy atom. The molecule has 32 heavy (non-hydrogen) atoms. The lowest BCUT2D eigenvalue weighted by Crippen LogP contribution is -2.33. The average Bonchev–Trinajstić information content (AvgIpc) is 3.26. The summed E-state index contributed by atoms with van der Waals surface area (Å²) in [5.74, 6) is -0.836. The number of hydrogen-bond donors (Lipinski definition) is 1. The number of hydrogen-bond acceptors (Lipinski definition) is 6. The molecule has 1 aliphatic heterocycles. The van der Waals surface area contributed by atoms with Gasteiger partial charge in [0, 0.05) is 29.7 Å². The average molecular weight is 425 g/mol. The number of aryl methyl sites for hydroxylation is 1. The Labute approximate surface area is 181 Å². The summed E-state index contributed by atoms with van der Waals surface area (Å²) in [5.41, 5.74) is 0.879. The summed E-state index contributed by atoms with van der Waals surface area (Å²) in [4.78, 5) is 46.2. The number of imide groups is 1. The summed E-state index contributed by atoms with van der Waals surface area (Å²) in [7, 11) is 3.36. The Balaban J connectivity index is 1.75. The minimum atomic E-state index is -0.746. The Morgan fingerprint density at radius 3 is 2.34 bits per heavy atom. The van der Waals surface area contributed by atoms with Gasteiger partial charge in [-0.2, -0.15) is 5.26 Å². The maximum atomic E-state index is 12.9. The number of nitriles is 1. The molecule has 0 atom stereocenters. The number of fused-ring (bicyclic) bond motifs is 2. The van der Waals surface area contributed by atoms with E-state index in [0.29, 0.717) is 16.7 Å². The van der Waals surface area contributed by atoms with Crippen molar-refractivity contribution < 1.29 is 14.3 Å². The third-order valence-corrected chi connectivity index (χ3v) is 5.48. The number of rotatable bonds is 3. The highest BCUT2D eigenvalue weighted by atomic mass is 16.5. The lowest BCUT2D eigenvalue weighted by molar-refractivity contribution is 0.0924. The molecule has 0 fully saturated rings. The predicted molar refractivity (Wildman–Crippen MR) is 116 cm³/mol. The number of nitrogens with one attached hydrogen (secondary N) is 1. The normalized spacial score (nSPS) is 12.8. The molecule has 2 aromatic heterocycles. The number of carbonyl (C=O) groups excluding carboxylic acids is 2. The van der Waals surface area contributed by atoms with Crippen molar-refractivity contribution in [1.82, 2.24) is 14.5 Å². The number of anilines is 1. The number of methoxy groups -OCH3 is 1. The number of nitrogens with zero attached hydrogens (tertiary/aromatic N) is 4. The topological polar surface area (TPSA) is 121 Å². The van der Waals surface area contributed by atoms with Crippen LogP contribution < -0.4 is 15.2 Å². The molecule has 0 saturated carbocycles. The third-order valence-electron chi connectivity index (χ3n) is 5.48. The number of H-pyrrole nitrogens is 1. The number of benzene rings is 2. The van der Waals surface area contributed by atoms with Crippen LogP contribution in [0.2, 0.25) is 0 Å². The van der Waals surface area contributed by atoms with Gasteiger partial charge in [0.1, 0.15) is 17.4 Å². The number of amides is 2. The summed E-state index contributed by atoms with van der Waals surface area (Å²) in [6, 6.07) is 13.7. The van der Waals surface area contributed by atoms with Crippen molar-refractivity contribution in [2.45, 2.75) is 0 Å². The first kappa shape index (κ1) is 19.3. The van der Waals surface area contributed by atoms with Crippen LogP contribution in [0.5, 0.6) is 5.75 Å². The van der Waals surface area contributed by atoms with E-state index in [0.717, 1.165) is 10.4 Å². The first-order chi connectivity index (χ1) is 15.4. The molecule has 0 unspecified atom stereocenters. The lowest BCUT2D eigenvalue weighted by atomic mass is 10.1. The van der Waals surface area contributed by atoms with Crippen molar-refractivity contribution in [3.63, 3.8) is 0 Å². The molecule has 2 aromatic carbocycles. The summed E-state index contributed by atoms with van der Waals surface area (Å²) in [5, 5.41) is 10.4. The van der Waals surface area contributed by atoms with Crippen molar-refractivity contribution in [3.05, 3.63) is 75.7 Å². The van der Waals surface area contributed by atoms with E-state index >= 15 is 0 Å². The van der Waals surface area contributed by atoms with E-state index in [9.17, 15) is 19.6 Å². The molecular weight excluding hydrogens is 410 g/mol. The lowest BCUT2D eigenvalue weighted by Gasteiger charge is -2.14. The van der Waals surface area contributed by atoms with E-state index in [1.54, 1.807) is 30.5 Å². The summed E-state index contributed by atoms with van der Waals surface area (Å²) in [6.45, 7) is 0. The van der Waals surface area contributed by atoms with Crippen molar-refractivity contribution in [1.29, 1.82) is 5.26 Å². The predicted octanol–water partition coefficient (Wildman–Crippen LogP) is 2.61. The minimum absolute atomic E-state index is 0.0710. The van der Waals surface area contributed by atoms with E-state index in [4.69, 9.17) is 4.74 Å². The highest BCUT2D eigenvalue weighted by Gasteiger charge is 2.38. The highest BCUT2D eigenvalue weighted by molar-refractivity contribution is 6.33. The first-order valence-electron chi connectivity index (χ1n) is 9.60. The fourth-order valence-corrected chi connectivity index (χ4v) is 3.93. The molecule has 0 spiro atoms. The molecule has 2 amide bonds. The molecule has 5 rings (SSSR count). The smallest absolute Gasteiger partial charge is 0.270 e. The number of carbonyl (C=O) groups is 2. The van der Waals surface area contributed by atoms with E-state index < -0.39 is 17.4 Å². The second kappa shape index (κ2) is 6.92. The Hall–Kier alpha value is -4.71. The van der Waals surface area contributed by atoms with Crippen LogP contribution in [0, 0.1) is 11.3 Å². The molecule has 0 bridgehead atoms. The zero-order valence-corrected chi connectivity index (χ0v) is 17.0. The maximum absolute atomic E-state index is 12.9. The van der Waals surface area contributed by atoms with Crippen LogP contribution in [0.4, 0.5) is 5.95 Å². The van der Waals surface area contributed by atoms with Gasteiger partial charge in [0.05, 0.1) is 23.9 Å². The molecule has 4 aromatic rings. The van der Waals surface area contributed by atoms with Crippen LogP contribution in [0.15, 0.2) is 53.5 Å². The highest BCUT2D eigenvalue weighted by Crippen LogP contribution is 2.34. The quantitative estimate of drug-likeness (QED) is 0.504. The molecule has 156 valence electrons. The van der Waals surface area contributed by atoms with Crippen molar-refractivity contribution in [3.8, 4) is 23.1 Å². The monoisotopic (exact) mass is 425 g/mol. The summed E-state index contributed by atoms with van der Waals surface area (Å²) >= 11 is 0. The molecule has 3 heterocycles. The number of ether oxygens (including phenoxy) is 1. The SMILES string of the molecule is COc1ccc2c(c1)c(-c1nc(N3C(=O)c4ccccc4C3=O)[nH]c(=O)c1C#N)cn2C.